The smallest absolute Gasteiger partial charge is 0.0416 e. The molecule has 1 saturated carbocycles. The maximum Gasteiger partial charge on any atom is 0.0416 e. The summed E-state index contributed by atoms with van der Waals surface area (Å²) in [4.78, 5) is 4.00. The van der Waals surface area contributed by atoms with Gasteiger partial charge in [-0.1, -0.05) is 31.7 Å². The fourth-order valence-electron chi connectivity index (χ4n) is 3.22. The van der Waals surface area contributed by atoms with Crippen molar-refractivity contribution in [2.24, 2.45) is 5.73 Å². The van der Waals surface area contributed by atoms with Crippen LogP contribution < -0.4 is 5.73 Å². The summed E-state index contributed by atoms with van der Waals surface area (Å²) in [6.45, 7) is 3.10. The highest BCUT2D eigenvalue weighted by Gasteiger charge is 2.36. The Morgan fingerprint density at radius 1 is 1.33 bits per heavy atom. The quantitative estimate of drug-likeness (QED) is 0.840. The van der Waals surface area contributed by atoms with E-state index in [1.165, 1.54) is 43.4 Å². The van der Waals surface area contributed by atoms with E-state index < -0.39 is 0 Å². The topological polar surface area (TPSA) is 29.3 Å². The van der Waals surface area contributed by atoms with E-state index in [-0.39, 0.29) is 5.54 Å². The number of rotatable bonds is 4. The number of thiophene rings is 1. The summed E-state index contributed by atoms with van der Waals surface area (Å²) in [5.41, 5.74) is 6.38. The van der Waals surface area contributed by atoms with Gasteiger partial charge in [-0.15, -0.1) is 11.3 Å². The second kappa shape index (κ2) is 6.18. The van der Waals surface area contributed by atoms with Gasteiger partial charge < -0.3 is 5.73 Å². The van der Waals surface area contributed by atoms with Crippen LogP contribution in [0.4, 0.5) is 0 Å². The van der Waals surface area contributed by atoms with Crippen molar-refractivity contribution in [1.29, 1.82) is 0 Å². The molecule has 0 saturated heterocycles. The van der Waals surface area contributed by atoms with Gasteiger partial charge in [0.1, 0.15) is 0 Å². The lowest BCUT2D eigenvalue weighted by Crippen LogP contribution is -2.52. The average molecular weight is 266 g/mol. The summed E-state index contributed by atoms with van der Waals surface area (Å²) in [5.74, 6) is 0. The van der Waals surface area contributed by atoms with Gasteiger partial charge in [0.15, 0.2) is 0 Å². The molecule has 1 atom stereocenters. The van der Waals surface area contributed by atoms with E-state index in [0.29, 0.717) is 6.04 Å². The molecule has 0 spiro atoms. The summed E-state index contributed by atoms with van der Waals surface area (Å²) in [7, 11) is 2.27. The summed E-state index contributed by atoms with van der Waals surface area (Å²) < 4.78 is 0. The van der Waals surface area contributed by atoms with Crippen LogP contribution in [0.15, 0.2) is 17.5 Å². The Balaban J connectivity index is 2.15. The maximum atomic E-state index is 6.16. The molecule has 0 amide bonds. The second-order valence-corrected chi connectivity index (χ2v) is 6.62. The number of nitrogens with two attached hydrogens (primary N) is 1. The van der Waals surface area contributed by atoms with E-state index in [0.717, 1.165) is 6.54 Å². The fourth-order valence-corrected chi connectivity index (χ4v) is 4.04. The third-order valence-corrected chi connectivity index (χ3v) is 5.74. The normalized spacial score (nSPS) is 21.8. The summed E-state index contributed by atoms with van der Waals surface area (Å²) >= 11 is 1.86. The molecule has 102 valence electrons. The molecule has 1 heterocycles. The molecule has 2 rings (SSSR count). The van der Waals surface area contributed by atoms with Crippen LogP contribution in [0.3, 0.4) is 0 Å². The maximum absolute atomic E-state index is 6.16. The lowest BCUT2D eigenvalue weighted by Gasteiger charge is -2.44. The molecule has 1 aliphatic rings. The number of likely N-dealkylation sites (N-methyl/N-ethyl adjacent to an activating group) is 1. The summed E-state index contributed by atoms with van der Waals surface area (Å²) in [6.07, 6.45) is 7.94. The van der Waals surface area contributed by atoms with E-state index in [2.05, 4.69) is 36.4 Å². The Labute approximate surface area is 115 Å². The zero-order valence-electron chi connectivity index (χ0n) is 11.7. The highest BCUT2D eigenvalue weighted by Crippen LogP contribution is 2.37. The van der Waals surface area contributed by atoms with Gasteiger partial charge in [0.25, 0.3) is 0 Å². The van der Waals surface area contributed by atoms with E-state index in [4.69, 9.17) is 5.73 Å². The van der Waals surface area contributed by atoms with Crippen LogP contribution in [0, 0.1) is 0 Å². The number of hydrogen-bond donors (Lipinski definition) is 1. The molecule has 2 nitrogen and oxygen atoms in total. The standard InChI is InChI=1S/C15H26N2S/c1-13(14-8-7-11-18-14)17(2)15(12-16)9-5-3-4-6-10-15/h7-8,11,13H,3-6,9-10,12,16H2,1-2H3. The van der Waals surface area contributed by atoms with Crippen molar-refractivity contribution in [1.82, 2.24) is 4.90 Å². The Kier molecular flexibility index (Phi) is 4.82. The first-order valence-electron chi connectivity index (χ1n) is 7.16. The van der Waals surface area contributed by atoms with Gasteiger partial charge >= 0.3 is 0 Å². The molecule has 1 unspecified atom stereocenters. The van der Waals surface area contributed by atoms with Crippen molar-refractivity contribution in [3.63, 3.8) is 0 Å². The first-order valence-corrected chi connectivity index (χ1v) is 8.04. The molecule has 1 aliphatic carbocycles. The zero-order valence-corrected chi connectivity index (χ0v) is 12.5. The van der Waals surface area contributed by atoms with Crippen LogP contribution in [-0.4, -0.2) is 24.0 Å². The van der Waals surface area contributed by atoms with Crippen molar-refractivity contribution >= 4 is 11.3 Å². The van der Waals surface area contributed by atoms with Crippen molar-refractivity contribution in [3.05, 3.63) is 22.4 Å². The summed E-state index contributed by atoms with van der Waals surface area (Å²) in [6, 6.07) is 4.87. The molecule has 0 aliphatic heterocycles. The average Bonchev–Trinajstić information content (AvgIpc) is 2.82. The van der Waals surface area contributed by atoms with Crippen LogP contribution in [0.25, 0.3) is 0 Å². The van der Waals surface area contributed by atoms with E-state index >= 15 is 0 Å². The fraction of sp³-hybridized carbons (Fsp3) is 0.733. The zero-order chi connectivity index (χ0) is 13.0. The predicted molar refractivity (Wildman–Crippen MR) is 80.0 cm³/mol. The van der Waals surface area contributed by atoms with Gasteiger partial charge in [0.05, 0.1) is 0 Å². The molecular formula is C15H26N2S. The Bertz CT molecular complexity index is 339. The van der Waals surface area contributed by atoms with Crippen LogP contribution >= 0.6 is 11.3 Å². The minimum absolute atomic E-state index is 0.222. The minimum Gasteiger partial charge on any atom is -0.329 e. The molecule has 18 heavy (non-hydrogen) atoms. The van der Waals surface area contributed by atoms with Crippen LogP contribution in [0.1, 0.15) is 56.4 Å². The highest BCUT2D eigenvalue weighted by molar-refractivity contribution is 7.10. The number of nitrogens with zero attached hydrogens (tertiary/aromatic N) is 1. The summed E-state index contributed by atoms with van der Waals surface area (Å²) in [5, 5.41) is 2.17. The van der Waals surface area contributed by atoms with Crippen molar-refractivity contribution in [2.75, 3.05) is 13.6 Å². The molecule has 3 heteroatoms. The van der Waals surface area contributed by atoms with Gasteiger partial charge in [0, 0.05) is 23.0 Å². The first kappa shape index (κ1) is 14.0. The van der Waals surface area contributed by atoms with Gasteiger partial charge in [0.2, 0.25) is 0 Å². The van der Waals surface area contributed by atoms with Gasteiger partial charge in [-0.3, -0.25) is 4.90 Å². The molecule has 0 bridgehead atoms. The van der Waals surface area contributed by atoms with Crippen LogP contribution in [0.5, 0.6) is 0 Å². The van der Waals surface area contributed by atoms with Crippen LogP contribution in [0.2, 0.25) is 0 Å². The monoisotopic (exact) mass is 266 g/mol. The van der Waals surface area contributed by atoms with E-state index in [1.807, 2.05) is 11.3 Å². The molecule has 0 radical (unpaired) electrons. The molecule has 1 fully saturated rings. The van der Waals surface area contributed by atoms with Gasteiger partial charge in [-0.25, -0.2) is 0 Å². The predicted octanol–water partition coefficient (Wildman–Crippen LogP) is 3.79. The van der Waals surface area contributed by atoms with Crippen molar-refractivity contribution < 1.29 is 0 Å². The van der Waals surface area contributed by atoms with E-state index in [9.17, 15) is 0 Å². The SMILES string of the molecule is CC(c1cccs1)N(C)C1(CN)CCCCCC1. The van der Waals surface area contributed by atoms with Gasteiger partial charge in [-0.05, 0) is 38.3 Å². The Morgan fingerprint density at radius 2 is 2.00 bits per heavy atom. The third-order valence-electron chi connectivity index (χ3n) is 4.70. The molecule has 0 aromatic carbocycles. The molecule has 2 N–H and O–H groups in total. The first-order chi connectivity index (χ1) is 8.69. The molecule has 1 aromatic heterocycles. The Morgan fingerprint density at radius 3 is 2.50 bits per heavy atom. The molecular weight excluding hydrogens is 240 g/mol. The lowest BCUT2D eigenvalue weighted by molar-refractivity contribution is 0.0705. The Hall–Kier alpha value is -0.380. The second-order valence-electron chi connectivity index (χ2n) is 5.64. The van der Waals surface area contributed by atoms with Crippen LogP contribution in [-0.2, 0) is 0 Å². The molecule has 1 aromatic rings. The van der Waals surface area contributed by atoms with Crippen molar-refractivity contribution in [3.8, 4) is 0 Å². The van der Waals surface area contributed by atoms with Gasteiger partial charge in [-0.2, -0.15) is 0 Å². The lowest BCUT2D eigenvalue weighted by atomic mass is 9.87. The highest BCUT2D eigenvalue weighted by atomic mass is 32.1. The largest absolute Gasteiger partial charge is 0.329 e. The minimum atomic E-state index is 0.222. The number of hydrogen-bond acceptors (Lipinski definition) is 3. The van der Waals surface area contributed by atoms with Crippen molar-refractivity contribution in [2.45, 2.75) is 57.0 Å². The third kappa shape index (κ3) is 2.79. The van der Waals surface area contributed by atoms with E-state index in [1.54, 1.807) is 0 Å².